The quantitative estimate of drug-likeness (QED) is 0.526. The maximum Gasteiger partial charge on any atom is 0.146 e. The highest BCUT2D eigenvalue weighted by atomic mass is 16.7. The maximum atomic E-state index is 14.0. The van der Waals surface area contributed by atoms with Crippen LogP contribution < -0.4 is 0 Å². The van der Waals surface area contributed by atoms with E-state index in [1.165, 1.54) is 12.8 Å². The van der Waals surface area contributed by atoms with Crippen molar-refractivity contribution in [3.8, 4) is 12.3 Å². The van der Waals surface area contributed by atoms with Crippen LogP contribution in [0.5, 0.6) is 0 Å². The van der Waals surface area contributed by atoms with Crippen LogP contribution in [0.25, 0.3) is 0 Å². The predicted octanol–water partition coefficient (Wildman–Crippen LogP) is 4.07. The number of carbonyl (C=O) groups excluding carboxylic acids is 1. The highest BCUT2D eigenvalue weighted by molar-refractivity contribution is 5.88. The fourth-order valence-corrected chi connectivity index (χ4v) is 7.75. The van der Waals surface area contributed by atoms with E-state index < -0.39 is 5.41 Å². The molecule has 4 aliphatic carbocycles. The first-order valence-corrected chi connectivity index (χ1v) is 11.0. The van der Waals surface area contributed by atoms with Gasteiger partial charge in [0.15, 0.2) is 0 Å². The average Bonchev–Trinajstić information content (AvgIpc) is 3.33. The lowest BCUT2D eigenvalue weighted by molar-refractivity contribution is -0.184. The van der Waals surface area contributed by atoms with Gasteiger partial charge in [-0.25, -0.2) is 0 Å². The Bertz CT molecular complexity index is 683. The van der Waals surface area contributed by atoms with Crippen LogP contribution in [0.3, 0.4) is 0 Å². The molecule has 2 bridgehead atoms. The second-order valence-corrected chi connectivity index (χ2v) is 10.2. The molecule has 4 heteroatoms. The van der Waals surface area contributed by atoms with Crippen molar-refractivity contribution in [3.63, 3.8) is 0 Å². The zero-order valence-corrected chi connectivity index (χ0v) is 18.1. The van der Waals surface area contributed by atoms with Gasteiger partial charge in [0.05, 0.1) is 12.2 Å². The molecule has 0 aromatic carbocycles. The largest absolute Gasteiger partial charge is 0.381 e. The van der Waals surface area contributed by atoms with Gasteiger partial charge in [0.1, 0.15) is 12.6 Å². The van der Waals surface area contributed by atoms with Crippen molar-refractivity contribution < 1.29 is 19.0 Å². The Kier molecular flexibility index (Phi) is 4.97. The van der Waals surface area contributed by atoms with Crippen LogP contribution in [0.2, 0.25) is 0 Å². The zero-order valence-electron chi connectivity index (χ0n) is 18.1. The zero-order chi connectivity index (χ0) is 20.3. The summed E-state index contributed by atoms with van der Waals surface area (Å²) >= 11 is 0. The minimum atomic E-state index is -0.562. The van der Waals surface area contributed by atoms with Gasteiger partial charge in [-0.15, -0.1) is 12.3 Å². The molecular weight excluding hydrogens is 352 g/mol. The molecule has 4 nitrogen and oxygen atoms in total. The molecule has 4 fully saturated rings. The van der Waals surface area contributed by atoms with E-state index in [0.29, 0.717) is 24.0 Å². The number of ether oxygens (including phenoxy) is 3. The number of hydrogen-bond donors (Lipinski definition) is 0. The number of hydrogen-bond acceptors (Lipinski definition) is 4. The van der Waals surface area contributed by atoms with E-state index in [-0.39, 0.29) is 41.7 Å². The summed E-state index contributed by atoms with van der Waals surface area (Å²) in [5.74, 6) is 4.20. The molecule has 3 unspecified atom stereocenters. The van der Waals surface area contributed by atoms with Crippen LogP contribution in [-0.4, -0.2) is 39.0 Å². The van der Waals surface area contributed by atoms with Crippen LogP contribution >= 0.6 is 0 Å². The van der Waals surface area contributed by atoms with Gasteiger partial charge in [-0.1, -0.05) is 20.8 Å². The summed E-state index contributed by atoms with van der Waals surface area (Å²) in [6, 6.07) is 0. The molecule has 0 N–H and O–H groups in total. The number of Topliss-reactive ketones (excluding diaryl/α,β-unsaturated/α-hetero) is 1. The Morgan fingerprint density at radius 1 is 1.25 bits per heavy atom. The van der Waals surface area contributed by atoms with E-state index in [4.69, 9.17) is 20.6 Å². The van der Waals surface area contributed by atoms with Gasteiger partial charge < -0.3 is 14.2 Å². The first kappa shape index (κ1) is 20.4. The molecule has 0 heterocycles. The predicted molar refractivity (Wildman–Crippen MR) is 107 cm³/mol. The minimum absolute atomic E-state index is 0.00451. The standard InChI is InChI=1S/C24H36O4/c1-7-15(2)22(4)13-19(28-14-26-5)24-12-17(24)8-10-23(16(3)21(22)25)11-9-18(27-6)20(23)24/h1,15-20H,8-14H2,2-6H3/t15?,16-,17-,18+,19+,20?,22-,23?,24-/m0/s1. The fraction of sp³-hybridized carbons (Fsp3) is 0.875. The maximum absolute atomic E-state index is 14.0. The van der Waals surface area contributed by atoms with Crippen molar-refractivity contribution in [1.82, 2.24) is 0 Å². The van der Waals surface area contributed by atoms with Crippen molar-refractivity contribution in [2.24, 2.45) is 39.9 Å². The molecule has 4 aliphatic rings. The highest BCUT2D eigenvalue weighted by Crippen LogP contribution is 2.78. The molecule has 0 aliphatic heterocycles. The normalized spacial score (nSPS) is 50.7. The van der Waals surface area contributed by atoms with Gasteiger partial charge in [0, 0.05) is 36.9 Å². The molecule has 0 aromatic heterocycles. The first-order chi connectivity index (χ1) is 13.3. The fourth-order valence-electron chi connectivity index (χ4n) is 7.75. The number of rotatable bonds is 5. The molecule has 0 radical (unpaired) electrons. The summed E-state index contributed by atoms with van der Waals surface area (Å²) in [6.07, 6.45) is 12.4. The second kappa shape index (κ2) is 6.83. The average molecular weight is 389 g/mol. The van der Waals surface area contributed by atoms with Crippen molar-refractivity contribution in [3.05, 3.63) is 0 Å². The number of ketones is 1. The molecule has 0 amide bonds. The lowest BCUT2D eigenvalue weighted by atomic mass is 9.49. The van der Waals surface area contributed by atoms with E-state index in [1.807, 2.05) is 14.0 Å². The smallest absolute Gasteiger partial charge is 0.146 e. The third-order valence-electron chi connectivity index (χ3n) is 9.55. The SMILES string of the molecule is C#CC(C)[C@]1(C)C[C@@H](OCOC)[C@]23C[C@@H]2CCC2(CC[C@@H](OC)C23)[C@@H](C)C1=O. The van der Waals surface area contributed by atoms with Crippen LogP contribution in [0, 0.1) is 52.3 Å². The molecule has 4 saturated carbocycles. The van der Waals surface area contributed by atoms with E-state index in [9.17, 15) is 4.79 Å². The Morgan fingerprint density at radius 3 is 2.61 bits per heavy atom. The molecule has 0 aromatic rings. The molecule has 28 heavy (non-hydrogen) atoms. The lowest BCUT2D eigenvalue weighted by Gasteiger charge is -2.56. The van der Waals surface area contributed by atoms with E-state index in [0.717, 1.165) is 19.3 Å². The van der Waals surface area contributed by atoms with Gasteiger partial charge in [-0.2, -0.15) is 0 Å². The summed E-state index contributed by atoms with van der Waals surface area (Å²) in [6.45, 7) is 6.56. The topological polar surface area (TPSA) is 44.8 Å². The van der Waals surface area contributed by atoms with Crippen LogP contribution in [-0.2, 0) is 19.0 Å². The first-order valence-electron chi connectivity index (χ1n) is 11.0. The lowest BCUT2D eigenvalue weighted by Crippen LogP contribution is -2.58. The Labute approximate surface area is 170 Å². The highest BCUT2D eigenvalue weighted by Gasteiger charge is 2.76. The monoisotopic (exact) mass is 388 g/mol. The van der Waals surface area contributed by atoms with Crippen molar-refractivity contribution in [1.29, 1.82) is 0 Å². The van der Waals surface area contributed by atoms with Gasteiger partial charge in [0.25, 0.3) is 0 Å². The van der Waals surface area contributed by atoms with E-state index >= 15 is 0 Å². The summed E-state index contributed by atoms with van der Waals surface area (Å²) in [4.78, 5) is 14.0. The summed E-state index contributed by atoms with van der Waals surface area (Å²) in [5.41, 5.74) is -0.429. The van der Waals surface area contributed by atoms with E-state index in [2.05, 4.69) is 19.8 Å². The second-order valence-electron chi connectivity index (χ2n) is 10.2. The third kappa shape index (κ3) is 2.45. The Balaban J connectivity index is 1.85. The van der Waals surface area contributed by atoms with E-state index in [1.54, 1.807) is 7.11 Å². The molecule has 0 saturated heterocycles. The Hall–Kier alpha value is -0.890. The summed E-state index contributed by atoms with van der Waals surface area (Å²) in [5, 5.41) is 0. The third-order valence-corrected chi connectivity index (χ3v) is 9.55. The van der Waals surface area contributed by atoms with Crippen LogP contribution in [0.15, 0.2) is 0 Å². The molecule has 4 rings (SSSR count). The summed E-state index contributed by atoms with van der Waals surface area (Å²) in [7, 11) is 3.51. The van der Waals surface area contributed by atoms with Crippen LogP contribution in [0.4, 0.5) is 0 Å². The molecular formula is C24H36O4. The van der Waals surface area contributed by atoms with Crippen molar-refractivity contribution >= 4 is 5.78 Å². The molecule has 9 atom stereocenters. The molecule has 156 valence electrons. The minimum Gasteiger partial charge on any atom is -0.381 e. The van der Waals surface area contributed by atoms with Gasteiger partial charge in [0.2, 0.25) is 0 Å². The Morgan fingerprint density at radius 2 is 1.96 bits per heavy atom. The van der Waals surface area contributed by atoms with Gasteiger partial charge in [-0.05, 0) is 55.8 Å². The molecule has 1 spiro atoms. The van der Waals surface area contributed by atoms with Gasteiger partial charge in [-0.3, -0.25) is 4.79 Å². The number of methoxy groups -OCH3 is 2. The van der Waals surface area contributed by atoms with Crippen molar-refractivity contribution in [2.75, 3.05) is 21.0 Å². The van der Waals surface area contributed by atoms with Crippen molar-refractivity contribution in [2.45, 2.75) is 71.5 Å². The number of carbonyl (C=O) groups is 1. The summed E-state index contributed by atoms with van der Waals surface area (Å²) < 4.78 is 17.7. The van der Waals surface area contributed by atoms with Gasteiger partial charge >= 0.3 is 0 Å². The van der Waals surface area contributed by atoms with Crippen LogP contribution in [0.1, 0.15) is 59.3 Å². The number of terminal acetylenes is 1.